The van der Waals surface area contributed by atoms with Crippen LogP contribution in [0.5, 0.6) is 11.5 Å². The second kappa shape index (κ2) is 10.0. The average molecular weight is 483 g/mol. The van der Waals surface area contributed by atoms with Gasteiger partial charge in [0.05, 0.1) is 25.7 Å². The summed E-state index contributed by atoms with van der Waals surface area (Å²) in [5.41, 5.74) is 0.977. The lowest BCUT2D eigenvalue weighted by atomic mass is 10.1. The lowest BCUT2D eigenvalue weighted by molar-refractivity contribution is 0.390. The summed E-state index contributed by atoms with van der Waals surface area (Å²) >= 11 is 0. The molecule has 25 heavy (non-hydrogen) atoms. The fourth-order valence-electron chi connectivity index (χ4n) is 2.67. The number of hydrogen-bond acceptors (Lipinski definition) is 5. The van der Waals surface area contributed by atoms with Crippen LogP contribution >= 0.6 is 24.0 Å². The maximum absolute atomic E-state index is 11.5. The first-order chi connectivity index (χ1) is 11.5. The van der Waals surface area contributed by atoms with Gasteiger partial charge in [-0.3, -0.25) is 4.99 Å². The number of nitrogens with zero attached hydrogens (tertiary/aromatic N) is 1. The topological polar surface area (TPSA) is 89.0 Å². The lowest BCUT2D eigenvalue weighted by Crippen LogP contribution is -2.39. The molecule has 0 aliphatic carbocycles. The third-order valence-corrected chi connectivity index (χ3v) is 5.89. The van der Waals surface area contributed by atoms with Gasteiger partial charge in [0.15, 0.2) is 15.8 Å². The van der Waals surface area contributed by atoms with E-state index in [1.807, 2.05) is 18.2 Å². The zero-order valence-electron chi connectivity index (χ0n) is 14.7. The predicted octanol–water partition coefficient (Wildman–Crippen LogP) is 1.42. The van der Waals surface area contributed by atoms with Gasteiger partial charge in [-0.1, -0.05) is 0 Å². The van der Waals surface area contributed by atoms with Gasteiger partial charge < -0.3 is 20.1 Å². The molecule has 0 bridgehead atoms. The minimum atomic E-state index is -2.85. The molecule has 1 atom stereocenters. The second-order valence-corrected chi connectivity index (χ2v) is 7.98. The van der Waals surface area contributed by atoms with Crippen molar-refractivity contribution in [2.24, 2.45) is 10.9 Å². The molecule has 1 fully saturated rings. The zero-order valence-corrected chi connectivity index (χ0v) is 17.9. The van der Waals surface area contributed by atoms with Gasteiger partial charge in [0.25, 0.3) is 0 Å². The number of aliphatic imine (C=N–C) groups is 1. The summed E-state index contributed by atoms with van der Waals surface area (Å²) in [4.78, 5) is 4.17. The van der Waals surface area contributed by atoms with Crippen molar-refractivity contribution in [3.05, 3.63) is 23.8 Å². The van der Waals surface area contributed by atoms with Crippen LogP contribution in [0, 0.1) is 5.92 Å². The van der Waals surface area contributed by atoms with E-state index >= 15 is 0 Å². The van der Waals surface area contributed by atoms with Crippen LogP contribution in [-0.4, -0.2) is 53.7 Å². The number of guanidine groups is 1. The highest BCUT2D eigenvalue weighted by molar-refractivity contribution is 14.0. The maximum Gasteiger partial charge on any atom is 0.191 e. The molecular weight excluding hydrogens is 457 g/mol. The van der Waals surface area contributed by atoms with Crippen LogP contribution in [0.3, 0.4) is 0 Å². The van der Waals surface area contributed by atoms with E-state index in [0.29, 0.717) is 25.5 Å². The van der Waals surface area contributed by atoms with Gasteiger partial charge in [-0.05, 0) is 24.5 Å². The Hall–Kier alpha value is -1.23. The Morgan fingerprint density at radius 3 is 2.60 bits per heavy atom. The molecule has 1 aromatic carbocycles. The summed E-state index contributed by atoms with van der Waals surface area (Å²) in [7, 11) is 2.07. The molecule has 1 heterocycles. The standard InChI is InChI=1S/C16H25N3O4S.HI/c1-17-16(18-9-12-6-7-24(20,21)11-12)19-10-13-4-5-14(22-2)8-15(13)23-3;/h4-5,8,12H,6-7,9-11H2,1-3H3,(H2,17,18,19);1H. The molecule has 0 radical (unpaired) electrons. The van der Waals surface area contributed by atoms with Crippen molar-refractivity contribution >= 4 is 39.8 Å². The summed E-state index contributed by atoms with van der Waals surface area (Å²) in [5, 5.41) is 6.40. The normalized spacial score (nSPS) is 19.0. The molecule has 0 spiro atoms. The summed E-state index contributed by atoms with van der Waals surface area (Å²) in [6.07, 6.45) is 0.707. The van der Waals surface area contributed by atoms with Crippen LogP contribution in [0.25, 0.3) is 0 Å². The minimum absolute atomic E-state index is 0. The smallest absolute Gasteiger partial charge is 0.191 e. The Morgan fingerprint density at radius 1 is 1.28 bits per heavy atom. The molecule has 142 valence electrons. The second-order valence-electron chi connectivity index (χ2n) is 5.75. The first-order valence-electron chi connectivity index (χ1n) is 7.83. The molecule has 0 saturated carbocycles. The Bertz CT molecular complexity index is 695. The van der Waals surface area contributed by atoms with Crippen molar-refractivity contribution < 1.29 is 17.9 Å². The quantitative estimate of drug-likeness (QED) is 0.362. The van der Waals surface area contributed by atoms with Gasteiger partial charge in [0.1, 0.15) is 11.5 Å². The highest BCUT2D eigenvalue weighted by Gasteiger charge is 2.27. The molecule has 2 N–H and O–H groups in total. The molecule has 2 rings (SSSR count). The van der Waals surface area contributed by atoms with E-state index in [1.165, 1.54) is 0 Å². The van der Waals surface area contributed by atoms with Crippen molar-refractivity contribution in [2.75, 3.05) is 39.3 Å². The zero-order chi connectivity index (χ0) is 17.6. The highest BCUT2D eigenvalue weighted by atomic mass is 127. The number of hydrogen-bond donors (Lipinski definition) is 2. The van der Waals surface area contributed by atoms with Crippen molar-refractivity contribution in [2.45, 2.75) is 13.0 Å². The molecule has 1 saturated heterocycles. The molecule has 0 aromatic heterocycles. The Morgan fingerprint density at radius 2 is 2.04 bits per heavy atom. The fraction of sp³-hybridized carbons (Fsp3) is 0.562. The van der Waals surface area contributed by atoms with Crippen LogP contribution in [-0.2, 0) is 16.4 Å². The third kappa shape index (κ3) is 6.53. The number of nitrogens with one attached hydrogen (secondary N) is 2. The number of ether oxygens (including phenoxy) is 2. The Balaban J connectivity index is 0.00000312. The van der Waals surface area contributed by atoms with Gasteiger partial charge >= 0.3 is 0 Å². The van der Waals surface area contributed by atoms with E-state index in [9.17, 15) is 8.42 Å². The van der Waals surface area contributed by atoms with E-state index in [4.69, 9.17) is 9.47 Å². The molecule has 1 aliphatic heterocycles. The molecule has 1 aliphatic rings. The molecule has 9 heteroatoms. The van der Waals surface area contributed by atoms with Gasteiger partial charge in [-0.2, -0.15) is 0 Å². The molecular formula is C16H26IN3O4S. The lowest BCUT2D eigenvalue weighted by Gasteiger charge is -2.16. The van der Waals surface area contributed by atoms with E-state index in [-0.39, 0.29) is 41.4 Å². The van der Waals surface area contributed by atoms with Gasteiger partial charge in [-0.15, -0.1) is 24.0 Å². The van der Waals surface area contributed by atoms with Gasteiger partial charge in [0.2, 0.25) is 0 Å². The number of methoxy groups -OCH3 is 2. The number of halogens is 1. The molecule has 0 amide bonds. The summed E-state index contributed by atoms with van der Waals surface area (Å²) in [6, 6.07) is 5.64. The van der Waals surface area contributed by atoms with Crippen molar-refractivity contribution in [1.82, 2.24) is 10.6 Å². The Kier molecular flexibility index (Phi) is 8.77. The Labute approximate surface area is 166 Å². The highest BCUT2D eigenvalue weighted by Crippen LogP contribution is 2.24. The third-order valence-electron chi connectivity index (χ3n) is 4.05. The maximum atomic E-state index is 11.5. The van der Waals surface area contributed by atoms with E-state index in [0.717, 1.165) is 17.1 Å². The summed E-state index contributed by atoms with van der Waals surface area (Å²) < 4.78 is 33.5. The SMILES string of the molecule is CN=C(NCc1ccc(OC)cc1OC)NCC1CCS(=O)(=O)C1.I. The average Bonchev–Trinajstić information content (AvgIpc) is 2.94. The number of benzene rings is 1. The molecule has 1 unspecified atom stereocenters. The van der Waals surface area contributed by atoms with Crippen molar-refractivity contribution in [3.8, 4) is 11.5 Å². The first-order valence-corrected chi connectivity index (χ1v) is 9.65. The van der Waals surface area contributed by atoms with Gasteiger partial charge in [0, 0.05) is 31.8 Å². The van der Waals surface area contributed by atoms with Crippen molar-refractivity contribution in [1.29, 1.82) is 0 Å². The molecule has 7 nitrogen and oxygen atoms in total. The summed E-state index contributed by atoms with van der Waals surface area (Å²) in [6.45, 7) is 1.13. The van der Waals surface area contributed by atoms with Gasteiger partial charge in [-0.25, -0.2) is 8.42 Å². The van der Waals surface area contributed by atoms with E-state index in [1.54, 1.807) is 21.3 Å². The van der Waals surface area contributed by atoms with E-state index in [2.05, 4.69) is 15.6 Å². The summed E-state index contributed by atoms with van der Waals surface area (Å²) in [5.74, 6) is 2.79. The monoisotopic (exact) mass is 483 g/mol. The first kappa shape index (κ1) is 21.8. The van der Waals surface area contributed by atoms with E-state index < -0.39 is 9.84 Å². The van der Waals surface area contributed by atoms with Crippen LogP contribution < -0.4 is 20.1 Å². The minimum Gasteiger partial charge on any atom is -0.497 e. The largest absolute Gasteiger partial charge is 0.497 e. The molecule has 1 aromatic rings. The fourth-order valence-corrected chi connectivity index (χ4v) is 4.53. The number of rotatable bonds is 6. The van der Waals surface area contributed by atoms with Crippen molar-refractivity contribution in [3.63, 3.8) is 0 Å². The number of sulfone groups is 1. The van der Waals surface area contributed by atoms with Crippen LogP contribution in [0.15, 0.2) is 23.2 Å². The predicted molar refractivity (Wildman–Crippen MR) is 110 cm³/mol. The van der Waals surface area contributed by atoms with Crippen LogP contribution in [0.2, 0.25) is 0 Å². The van der Waals surface area contributed by atoms with Crippen LogP contribution in [0.4, 0.5) is 0 Å². The van der Waals surface area contributed by atoms with Crippen LogP contribution in [0.1, 0.15) is 12.0 Å².